The van der Waals surface area contributed by atoms with E-state index in [1.165, 1.54) is 6.92 Å². The fourth-order valence-electron chi connectivity index (χ4n) is 1.77. The highest BCUT2D eigenvalue weighted by atomic mass is 35.5. The van der Waals surface area contributed by atoms with Gasteiger partial charge in [-0.3, -0.25) is 9.59 Å². The summed E-state index contributed by atoms with van der Waals surface area (Å²) in [5.74, 6) is -0.479. The maximum absolute atomic E-state index is 11.6. The Morgan fingerprint density at radius 1 is 1.38 bits per heavy atom. The van der Waals surface area contributed by atoms with Crippen LogP contribution in [-0.4, -0.2) is 25.0 Å². The maximum Gasteiger partial charge on any atom is 0.306 e. The molecule has 0 aliphatic rings. The van der Waals surface area contributed by atoms with E-state index in [0.29, 0.717) is 23.8 Å². The van der Waals surface area contributed by atoms with Crippen LogP contribution in [0.1, 0.15) is 25.3 Å². The van der Waals surface area contributed by atoms with E-state index in [4.69, 9.17) is 32.1 Å². The number of Topliss-reactive ketones (excluding diaryl/α,β-unsaturated/α-hetero) is 1. The van der Waals surface area contributed by atoms with E-state index in [-0.39, 0.29) is 17.7 Å². The standard InChI is InChI=1S/C17H19ClN2O4/c1-11-8-13(5-6-15(11)18)23-7-3-4-17(22)24-10-16(21)14(9-19)12(2)20/h5-6,8H,3-4,7,10,20H2,1-2H3. The van der Waals surface area contributed by atoms with Gasteiger partial charge in [0, 0.05) is 17.1 Å². The van der Waals surface area contributed by atoms with Gasteiger partial charge in [-0.1, -0.05) is 11.6 Å². The van der Waals surface area contributed by atoms with Gasteiger partial charge in [-0.25, -0.2) is 0 Å². The van der Waals surface area contributed by atoms with Crippen molar-refractivity contribution in [3.05, 3.63) is 40.1 Å². The Morgan fingerprint density at radius 2 is 2.08 bits per heavy atom. The van der Waals surface area contributed by atoms with Crippen molar-refractivity contribution in [3.63, 3.8) is 0 Å². The third-order valence-electron chi connectivity index (χ3n) is 3.07. The lowest BCUT2D eigenvalue weighted by molar-refractivity contribution is -0.147. The fraction of sp³-hybridized carbons (Fsp3) is 0.353. The number of hydrogen-bond donors (Lipinski definition) is 1. The Kier molecular flexibility index (Phi) is 7.80. The number of rotatable bonds is 8. The number of benzene rings is 1. The molecule has 0 heterocycles. The largest absolute Gasteiger partial charge is 0.494 e. The van der Waals surface area contributed by atoms with Crippen molar-refractivity contribution in [1.82, 2.24) is 0 Å². The van der Waals surface area contributed by atoms with Gasteiger partial charge in [0.2, 0.25) is 5.78 Å². The molecule has 1 aromatic rings. The van der Waals surface area contributed by atoms with E-state index in [2.05, 4.69) is 0 Å². The number of hydrogen-bond acceptors (Lipinski definition) is 6. The van der Waals surface area contributed by atoms with Gasteiger partial charge in [-0.15, -0.1) is 0 Å². The summed E-state index contributed by atoms with van der Waals surface area (Å²) in [7, 11) is 0. The highest BCUT2D eigenvalue weighted by molar-refractivity contribution is 6.31. The normalized spacial score (nSPS) is 11.2. The van der Waals surface area contributed by atoms with Crippen molar-refractivity contribution in [2.24, 2.45) is 5.73 Å². The van der Waals surface area contributed by atoms with E-state index in [9.17, 15) is 9.59 Å². The summed E-state index contributed by atoms with van der Waals surface area (Å²) in [5.41, 5.74) is 6.22. The van der Waals surface area contributed by atoms with Crippen molar-refractivity contribution in [1.29, 1.82) is 5.26 Å². The maximum atomic E-state index is 11.6. The van der Waals surface area contributed by atoms with Gasteiger partial charge in [0.15, 0.2) is 6.61 Å². The highest BCUT2D eigenvalue weighted by Gasteiger charge is 2.14. The molecule has 0 bridgehead atoms. The average Bonchev–Trinajstić information content (AvgIpc) is 2.53. The quantitative estimate of drug-likeness (QED) is 0.334. The van der Waals surface area contributed by atoms with Crippen LogP contribution in [0.25, 0.3) is 0 Å². The first-order valence-electron chi connectivity index (χ1n) is 7.29. The SMILES string of the molecule is CC(N)=C(C#N)C(=O)COC(=O)CCCOc1ccc(Cl)c(C)c1. The number of allylic oxidation sites excluding steroid dienone is 1. The van der Waals surface area contributed by atoms with Gasteiger partial charge >= 0.3 is 5.97 Å². The van der Waals surface area contributed by atoms with Crippen LogP contribution < -0.4 is 10.5 Å². The van der Waals surface area contributed by atoms with Crippen molar-refractivity contribution in [2.45, 2.75) is 26.7 Å². The number of nitrogens with two attached hydrogens (primary N) is 1. The summed E-state index contributed by atoms with van der Waals surface area (Å²) in [5, 5.41) is 9.44. The van der Waals surface area contributed by atoms with Crippen molar-refractivity contribution >= 4 is 23.4 Å². The number of ketones is 1. The van der Waals surface area contributed by atoms with Crippen LogP contribution in [0, 0.1) is 18.3 Å². The van der Waals surface area contributed by atoms with Gasteiger partial charge in [0.25, 0.3) is 0 Å². The van der Waals surface area contributed by atoms with Crippen molar-refractivity contribution in [2.75, 3.05) is 13.2 Å². The van der Waals surface area contributed by atoms with E-state index in [1.54, 1.807) is 18.2 Å². The van der Waals surface area contributed by atoms with E-state index in [0.717, 1.165) is 5.56 Å². The molecule has 1 rings (SSSR count). The number of nitriles is 1. The molecule has 0 radical (unpaired) electrons. The molecule has 24 heavy (non-hydrogen) atoms. The molecular weight excluding hydrogens is 332 g/mol. The Hall–Kier alpha value is -2.52. The first kappa shape index (κ1) is 19.5. The van der Waals surface area contributed by atoms with Gasteiger partial charge in [-0.2, -0.15) is 5.26 Å². The molecule has 128 valence electrons. The summed E-state index contributed by atoms with van der Waals surface area (Å²) >= 11 is 5.92. The Morgan fingerprint density at radius 3 is 2.67 bits per heavy atom. The average molecular weight is 351 g/mol. The zero-order valence-corrected chi connectivity index (χ0v) is 14.4. The predicted molar refractivity (Wildman–Crippen MR) is 89.4 cm³/mol. The van der Waals surface area contributed by atoms with Crippen LogP contribution in [0.2, 0.25) is 5.02 Å². The number of ether oxygens (including phenoxy) is 2. The number of carbonyl (C=O) groups excluding carboxylic acids is 2. The molecule has 7 heteroatoms. The van der Waals surface area contributed by atoms with Crippen LogP contribution in [0.15, 0.2) is 29.5 Å². The smallest absolute Gasteiger partial charge is 0.306 e. The van der Waals surface area contributed by atoms with Crippen molar-refractivity contribution < 1.29 is 19.1 Å². The van der Waals surface area contributed by atoms with Gasteiger partial charge in [0.05, 0.1) is 6.61 Å². The lowest BCUT2D eigenvalue weighted by Crippen LogP contribution is -2.17. The lowest BCUT2D eigenvalue weighted by Gasteiger charge is -2.08. The first-order chi connectivity index (χ1) is 11.3. The topological polar surface area (TPSA) is 102 Å². The second-order valence-corrected chi connectivity index (χ2v) is 5.52. The van der Waals surface area contributed by atoms with Crippen LogP contribution in [0.5, 0.6) is 5.75 Å². The summed E-state index contributed by atoms with van der Waals surface area (Å²) in [6, 6.07) is 6.99. The minimum absolute atomic E-state index is 0.102. The number of nitrogens with zero attached hydrogens (tertiary/aromatic N) is 1. The number of aryl methyl sites for hydroxylation is 1. The first-order valence-corrected chi connectivity index (χ1v) is 7.67. The molecule has 0 saturated carbocycles. The predicted octanol–water partition coefficient (Wildman–Crippen LogP) is 2.68. The third-order valence-corrected chi connectivity index (χ3v) is 3.50. The molecule has 0 amide bonds. The molecule has 0 fully saturated rings. The molecule has 0 spiro atoms. The van der Waals surface area contributed by atoms with E-state index < -0.39 is 18.4 Å². The zero-order chi connectivity index (χ0) is 18.1. The monoisotopic (exact) mass is 350 g/mol. The van der Waals surface area contributed by atoms with Gasteiger partial charge < -0.3 is 15.2 Å². The fourth-order valence-corrected chi connectivity index (χ4v) is 1.89. The summed E-state index contributed by atoms with van der Waals surface area (Å²) < 4.78 is 10.3. The van der Waals surface area contributed by atoms with E-state index >= 15 is 0 Å². The number of halogens is 1. The van der Waals surface area contributed by atoms with Gasteiger partial charge in [0.1, 0.15) is 17.4 Å². The molecule has 2 N–H and O–H groups in total. The molecule has 0 unspecified atom stereocenters. The van der Waals surface area contributed by atoms with E-state index in [1.807, 2.05) is 13.0 Å². The third kappa shape index (κ3) is 6.31. The molecule has 0 saturated heterocycles. The van der Waals surface area contributed by atoms with Crippen LogP contribution in [-0.2, 0) is 14.3 Å². The lowest BCUT2D eigenvalue weighted by atomic mass is 10.1. The molecule has 0 aliphatic carbocycles. The second-order valence-electron chi connectivity index (χ2n) is 5.12. The minimum Gasteiger partial charge on any atom is -0.494 e. The number of esters is 1. The van der Waals surface area contributed by atoms with Gasteiger partial charge in [-0.05, 0) is 44.0 Å². The number of carbonyl (C=O) groups is 2. The highest BCUT2D eigenvalue weighted by Crippen LogP contribution is 2.21. The molecular formula is C17H19ClN2O4. The molecule has 6 nitrogen and oxygen atoms in total. The minimum atomic E-state index is -0.612. The Balaban J connectivity index is 2.30. The van der Waals surface area contributed by atoms with Crippen LogP contribution in [0.4, 0.5) is 0 Å². The Bertz CT molecular complexity index is 688. The molecule has 0 atom stereocenters. The zero-order valence-electron chi connectivity index (χ0n) is 13.6. The van der Waals surface area contributed by atoms with Crippen LogP contribution in [0.3, 0.4) is 0 Å². The van der Waals surface area contributed by atoms with Crippen molar-refractivity contribution in [3.8, 4) is 11.8 Å². The van der Waals surface area contributed by atoms with Crippen LogP contribution >= 0.6 is 11.6 Å². The molecule has 0 aliphatic heterocycles. The summed E-state index contributed by atoms with van der Waals surface area (Å²) in [4.78, 5) is 23.2. The molecule has 0 aromatic heterocycles. The molecule has 1 aromatic carbocycles. The second kappa shape index (κ2) is 9.58. The Labute approximate surface area is 145 Å². The summed E-state index contributed by atoms with van der Waals surface area (Å²) in [6.07, 6.45) is 0.540. The summed E-state index contributed by atoms with van der Waals surface area (Å²) in [6.45, 7) is 3.15.